The zero-order valence-corrected chi connectivity index (χ0v) is 43.6. The van der Waals surface area contributed by atoms with E-state index in [4.69, 9.17) is 0 Å². The van der Waals surface area contributed by atoms with Crippen LogP contribution >= 0.6 is 0 Å². The summed E-state index contributed by atoms with van der Waals surface area (Å²) in [5.41, 5.74) is 0. The first-order valence-corrected chi connectivity index (χ1v) is 29.0. The number of carbonyl (C=O) groups is 1. The van der Waals surface area contributed by atoms with Gasteiger partial charge in [0.1, 0.15) is 6.10 Å². The minimum Gasteiger partial charge on any atom is -0.394 e. The molecule has 0 aliphatic heterocycles. The molecule has 0 aliphatic rings. The van der Waals surface area contributed by atoms with Crippen LogP contribution in [0.3, 0.4) is 0 Å². The molecule has 382 valence electrons. The largest absolute Gasteiger partial charge is 0.394 e. The Morgan fingerprint density at radius 2 is 0.631 bits per heavy atom. The third-order valence-electron chi connectivity index (χ3n) is 13.4. The van der Waals surface area contributed by atoms with Crippen molar-refractivity contribution in [3.8, 4) is 0 Å². The second-order valence-electron chi connectivity index (χ2n) is 19.8. The van der Waals surface area contributed by atoms with Gasteiger partial charge >= 0.3 is 0 Å². The fourth-order valence-corrected chi connectivity index (χ4v) is 8.86. The molecule has 1 amide bonds. The molecule has 5 nitrogen and oxygen atoms in total. The van der Waals surface area contributed by atoms with E-state index in [1.165, 1.54) is 238 Å². The fraction of sp³-hybridized carbons (Fsp3) is 0.850. The van der Waals surface area contributed by atoms with Crippen LogP contribution in [0, 0.1) is 0 Å². The van der Waals surface area contributed by atoms with Crippen LogP contribution < -0.4 is 5.32 Å². The third-order valence-corrected chi connectivity index (χ3v) is 13.4. The van der Waals surface area contributed by atoms with E-state index in [0.717, 1.165) is 44.9 Å². The van der Waals surface area contributed by atoms with Gasteiger partial charge in [-0.3, -0.25) is 4.79 Å². The maximum atomic E-state index is 12.5. The van der Waals surface area contributed by atoms with Crippen LogP contribution in [-0.4, -0.2) is 46.1 Å². The van der Waals surface area contributed by atoms with E-state index in [-0.39, 0.29) is 6.61 Å². The van der Waals surface area contributed by atoms with Crippen LogP contribution in [0.1, 0.15) is 303 Å². The van der Waals surface area contributed by atoms with Crippen molar-refractivity contribution in [3.05, 3.63) is 48.6 Å². The molecule has 0 saturated heterocycles. The molecule has 0 spiro atoms. The molecule has 0 fully saturated rings. The second-order valence-corrected chi connectivity index (χ2v) is 19.8. The van der Waals surface area contributed by atoms with Crippen LogP contribution in [0.2, 0.25) is 0 Å². The predicted octanol–water partition coefficient (Wildman–Crippen LogP) is 18.0. The van der Waals surface area contributed by atoms with Crippen molar-refractivity contribution in [1.82, 2.24) is 5.32 Å². The van der Waals surface area contributed by atoms with Crippen molar-refractivity contribution in [2.75, 3.05) is 6.61 Å². The van der Waals surface area contributed by atoms with Gasteiger partial charge in [0.15, 0.2) is 0 Å². The highest BCUT2D eigenvalue weighted by Crippen LogP contribution is 2.17. The Hall–Kier alpha value is -1.69. The highest BCUT2D eigenvalue weighted by Gasteiger charge is 2.22. The number of allylic oxidation sites excluding steroid dienone is 7. The molecule has 0 aromatic carbocycles. The number of hydrogen-bond donors (Lipinski definition) is 4. The molecule has 0 rings (SSSR count). The zero-order valence-electron chi connectivity index (χ0n) is 43.6. The van der Waals surface area contributed by atoms with Gasteiger partial charge < -0.3 is 20.6 Å². The van der Waals surface area contributed by atoms with E-state index in [1.54, 1.807) is 6.08 Å². The van der Waals surface area contributed by atoms with Crippen molar-refractivity contribution in [2.45, 2.75) is 321 Å². The summed E-state index contributed by atoms with van der Waals surface area (Å²) in [4.78, 5) is 12.5. The van der Waals surface area contributed by atoms with E-state index in [2.05, 4.69) is 55.6 Å². The van der Waals surface area contributed by atoms with Gasteiger partial charge in [0.25, 0.3) is 0 Å². The molecule has 0 bridgehead atoms. The molecule has 0 saturated carbocycles. The van der Waals surface area contributed by atoms with Gasteiger partial charge in [-0.25, -0.2) is 0 Å². The standard InChI is InChI=1S/C60H113NO4/c1-3-5-7-9-11-13-15-17-19-21-22-23-24-25-26-27-28-29-30-31-32-33-34-35-36-37-39-41-43-45-47-49-51-53-55-59(64)60(65)61-57(56-62)58(63)54-52-50-48-46-44-42-40-38-20-18-16-14-12-10-8-6-4-2/h20,27-28,38,44,46,52,54,57-59,62-64H,3-19,21-26,29-37,39-43,45,47-51,53,55-56H2,1-2H3,(H,61,65)/b28-27-,38-20+,46-44+,54-52+. The number of carbonyl (C=O) groups excluding carboxylic acids is 1. The minimum atomic E-state index is -1.11. The van der Waals surface area contributed by atoms with E-state index in [1.807, 2.05) is 6.08 Å². The average Bonchev–Trinajstić information content (AvgIpc) is 3.31. The molecule has 0 aromatic heterocycles. The SMILES string of the molecule is CCCCCCCCC/C=C/CC/C=C/CC/C=C/C(O)C(CO)NC(=O)C(O)CCCCCCCCCCCCCCCCCC/C=C\CCCCCCCCCCCCCCCC. The number of rotatable bonds is 53. The van der Waals surface area contributed by atoms with Gasteiger partial charge in [0.2, 0.25) is 5.91 Å². The summed E-state index contributed by atoms with van der Waals surface area (Å²) < 4.78 is 0. The molecular formula is C60H113NO4. The highest BCUT2D eigenvalue weighted by molar-refractivity contribution is 5.80. The van der Waals surface area contributed by atoms with Crippen molar-refractivity contribution < 1.29 is 20.1 Å². The molecule has 0 aromatic rings. The van der Waals surface area contributed by atoms with E-state index < -0.39 is 24.2 Å². The number of aliphatic hydroxyl groups excluding tert-OH is 3. The Labute approximate surface area is 406 Å². The molecular weight excluding hydrogens is 799 g/mol. The van der Waals surface area contributed by atoms with E-state index in [0.29, 0.717) is 6.42 Å². The first-order valence-electron chi connectivity index (χ1n) is 29.0. The van der Waals surface area contributed by atoms with Gasteiger partial charge in [0.05, 0.1) is 18.8 Å². The lowest BCUT2D eigenvalue weighted by Crippen LogP contribution is -2.48. The smallest absolute Gasteiger partial charge is 0.249 e. The lowest BCUT2D eigenvalue weighted by molar-refractivity contribution is -0.131. The highest BCUT2D eigenvalue weighted by atomic mass is 16.3. The van der Waals surface area contributed by atoms with Gasteiger partial charge in [-0.1, -0.05) is 281 Å². The third kappa shape index (κ3) is 50.0. The molecule has 0 aliphatic carbocycles. The number of hydrogen-bond acceptors (Lipinski definition) is 4. The maximum Gasteiger partial charge on any atom is 0.249 e. The Balaban J connectivity index is 3.54. The molecule has 3 unspecified atom stereocenters. The number of unbranched alkanes of at least 4 members (excludes halogenated alkanes) is 39. The normalized spacial score (nSPS) is 13.6. The number of nitrogens with one attached hydrogen (secondary N) is 1. The van der Waals surface area contributed by atoms with Gasteiger partial charge in [-0.05, 0) is 70.6 Å². The average molecular weight is 913 g/mol. The van der Waals surface area contributed by atoms with Crippen LogP contribution in [0.15, 0.2) is 48.6 Å². The topological polar surface area (TPSA) is 89.8 Å². The quantitative estimate of drug-likeness (QED) is 0.0361. The van der Waals surface area contributed by atoms with Gasteiger partial charge in [0, 0.05) is 0 Å². The fourth-order valence-electron chi connectivity index (χ4n) is 8.86. The van der Waals surface area contributed by atoms with Crippen molar-refractivity contribution in [3.63, 3.8) is 0 Å². The van der Waals surface area contributed by atoms with Gasteiger partial charge in [-0.2, -0.15) is 0 Å². The summed E-state index contributed by atoms with van der Waals surface area (Å²) in [7, 11) is 0. The van der Waals surface area contributed by atoms with Crippen LogP contribution in [0.25, 0.3) is 0 Å². The summed E-state index contributed by atoms with van der Waals surface area (Å²) in [5.74, 6) is -0.514. The lowest BCUT2D eigenvalue weighted by Gasteiger charge is -2.21. The first-order chi connectivity index (χ1) is 32.1. The van der Waals surface area contributed by atoms with Crippen molar-refractivity contribution >= 4 is 5.91 Å². The Morgan fingerprint density at radius 3 is 0.938 bits per heavy atom. The number of aliphatic hydroxyl groups is 3. The minimum absolute atomic E-state index is 0.381. The Bertz CT molecular complexity index is 1050. The van der Waals surface area contributed by atoms with Crippen LogP contribution in [-0.2, 0) is 4.79 Å². The number of amides is 1. The van der Waals surface area contributed by atoms with Crippen molar-refractivity contribution in [2.24, 2.45) is 0 Å². The van der Waals surface area contributed by atoms with Crippen LogP contribution in [0.4, 0.5) is 0 Å². The molecule has 65 heavy (non-hydrogen) atoms. The molecule has 0 radical (unpaired) electrons. The van der Waals surface area contributed by atoms with E-state index in [9.17, 15) is 20.1 Å². The summed E-state index contributed by atoms with van der Waals surface area (Å²) in [6, 6.07) is -0.821. The second kappa shape index (κ2) is 54.9. The summed E-state index contributed by atoms with van der Waals surface area (Å²) >= 11 is 0. The van der Waals surface area contributed by atoms with Gasteiger partial charge in [-0.15, -0.1) is 0 Å². The summed E-state index contributed by atoms with van der Waals surface area (Å²) in [5, 5.41) is 33.3. The molecule has 0 heterocycles. The molecule has 4 N–H and O–H groups in total. The monoisotopic (exact) mass is 912 g/mol. The van der Waals surface area contributed by atoms with E-state index >= 15 is 0 Å². The lowest BCUT2D eigenvalue weighted by atomic mass is 10.0. The summed E-state index contributed by atoms with van der Waals surface area (Å²) in [6.45, 7) is 4.18. The molecule has 3 atom stereocenters. The molecule has 5 heteroatoms. The predicted molar refractivity (Wildman–Crippen MR) is 287 cm³/mol. The zero-order chi connectivity index (χ0) is 47.2. The summed E-state index contributed by atoms with van der Waals surface area (Å²) in [6.07, 6.45) is 73.5. The Morgan fingerprint density at radius 1 is 0.369 bits per heavy atom. The van der Waals surface area contributed by atoms with Crippen molar-refractivity contribution in [1.29, 1.82) is 0 Å². The Kier molecular flexibility index (Phi) is 53.5. The van der Waals surface area contributed by atoms with Crippen LogP contribution in [0.5, 0.6) is 0 Å². The maximum absolute atomic E-state index is 12.5. The first kappa shape index (κ1) is 63.3.